The highest BCUT2D eigenvalue weighted by atomic mass is 15.1. The average Bonchev–Trinajstić information content (AvgIpc) is 3.13. The number of nitrogens with one attached hydrogen (secondary N) is 1. The number of nitrogens with zero attached hydrogens (tertiary/aromatic N) is 1. The van der Waals surface area contributed by atoms with Crippen LogP contribution in [0.2, 0.25) is 0 Å². The first kappa shape index (κ1) is 12.9. The first-order valence-electron chi connectivity index (χ1n) is 8.37. The van der Waals surface area contributed by atoms with E-state index in [1.807, 2.05) is 0 Å². The summed E-state index contributed by atoms with van der Waals surface area (Å²) in [5.41, 5.74) is 0. The maximum absolute atomic E-state index is 3.83. The third-order valence-electron chi connectivity index (χ3n) is 5.29. The van der Waals surface area contributed by atoms with Crippen molar-refractivity contribution < 1.29 is 0 Å². The molecule has 18 heavy (non-hydrogen) atoms. The minimum absolute atomic E-state index is 0.850. The van der Waals surface area contributed by atoms with Gasteiger partial charge in [0, 0.05) is 6.04 Å². The molecule has 1 heterocycles. The van der Waals surface area contributed by atoms with Crippen LogP contribution in [0.3, 0.4) is 0 Å². The van der Waals surface area contributed by atoms with Gasteiger partial charge in [0.2, 0.25) is 0 Å². The Labute approximate surface area is 113 Å². The molecule has 2 atom stereocenters. The summed E-state index contributed by atoms with van der Waals surface area (Å²) in [4.78, 5) is 2.63. The summed E-state index contributed by atoms with van der Waals surface area (Å²) < 4.78 is 0. The van der Waals surface area contributed by atoms with Crippen molar-refractivity contribution in [2.75, 3.05) is 26.2 Å². The van der Waals surface area contributed by atoms with Gasteiger partial charge >= 0.3 is 0 Å². The second-order valence-electron chi connectivity index (χ2n) is 6.82. The van der Waals surface area contributed by atoms with Crippen molar-refractivity contribution in [3.05, 3.63) is 0 Å². The normalized spacial score (nSPS) is 34.0. The van der Waals surface area contributed by atoms with Crippen LogP contribution in [0.4, 0.5) is 0 Å². The first-order valence-corrected chi connectivity index (χ1v) is 8.37. The third kappa shape index (κ3) is 3.71. The zero-order valence-electron chi connectivity index (χ0n) is 11.9. The van der Waals surface area contributed by atoms with E-state index in [1.165, 1.54) is 84.0 Å². The predicted octanol–water partition coefficient (Wildman–Crippen LogP) is 3.03. The van der Waals surface area contributed by atoms with Crippen LogP contribution in [0.25, 0.3) is 0 Å². The molecule has 2 saturated carbocycles. The van der Waals surface area contributed by atoms with E-state index >= 15 is 0 Å². The molecule has 104 valence electrons. The van der Waals surface area contributed by atoms with Gasteiger partial charge in [0.25, 0.3) is 0 Å². The molecule has 0 amide bonds. The van der Waals surface area contributed by atoms with Gasteiger partial charge in [0.15, 0.2) is 0 Å². The minimum Gasteiger partial charge on any atom is -0.314 e. The molecule has 0 aromatic heterocycles. The topological polar surface area (TPSA) is 15.3 Å². The van der Waals surface area contributed by atoms with Gasteiger partial charge < -0.3 is 10.2 Å². The molecule has 1 saturated heterocycles. The molecule has 2 nitrogen and oxygen atoms in total. The molecule has 0 spiro atoms. The van der Waals surface area contributed by atoms with Gasteiger partial charge in [0.05, 0.1) is 0 Å². The van der Waals surface area contributed by atoms with Crippen molar-refractivity contribution in [2.45, 2.75) is 63.8 Å². The Morgan fingerprint density at radius 3 is 2.50 bits per heavy atom. The molecule has 2 heteroatoms. The molecule has 0 bridgehead atoms. The van der Waals surface area contributed by atoms with E-state index < -0.39 is 0 Å². The molecule has 3 aliphatic rings. The monoisotopic (exact) mass is 250 g/mol. The molecular formula is C16H30N2. The molecule has 0 aromatic carbocycles. The van der Waals surface area contributed by atoms with E-state index in [-0.39, 0.29) is 0 Å². The van der Waals surface area contributed by atoms with E-state index in [2.05, 4.69) is 10.2 Å². The Hall–Kier alpha value is -0.0800. The maximum Gasteiger partial charge on any atom is 0.00698 e. The van der Waals surface area contributed by atoms with Crippen LogP contribution in [0, 0.1) is 11.8 Å². The first-order chi connectivity index (χ1) is 8.92. The van der Waals surface area contributed by atoms with Gasteiger partial charge in [-0.25, -0.2) is 0 Å². The lowest BCUT2D eigenvalue weighted by molar-refractivity contribution is 0.256. The minimum atomic E-state index is 0.850. The summed E-state index contributed by atoms with van der Waals surface area (Å²) >= 11 is 0. The van der Waals surface area contributed by atoms with E-state index in [1.54, 1.807) is 0 Å². The highest BCUT2D eigenvalue weighted by Gasteiger charge is 2.34. The van der Waals surface area contributed by atoms with Crippen molar-refractivity contribution in [1.82, 2.24) is 10.2 Å². The fourth-order valence-electron chi connectivity index (χ4n) is 4.02. The zero-order chi connectivity index (χ0) is 12.2. The lowest BCUT2D eigenvalue weighted by Crippen LogP contribution is -2.36. The Kier molecular flexibility index (Phi) is 4.58. The smallest absolute Gasteiger partial charge is 0.00698 e. The highest BCUT2D eigenvalue weighted by molar-refractivity contribution is 4.87. The van der Waals surface area contributed by atoms with Gasteiger partial charge in [-0.15, -0.1) is 0 Å². The maximum atomic E-state index is 3.83. The fourth-order valence-corrected chi connectivity index (χ4v) is 4.02. The number of rotatable bonds is 6. The molecule has 2 unspecified atom stereocenters. The molecule has 0 aromatic rings. The summed E-state index contributed by atoms with van der Waals surface area (Å²) in [7, 11) is 0. The van der Waals surface area contributed by atoms with Crippen LogP contribution < -0.4 is 5.32 Å². The Morgan fingerprint density at radius 1 is 0.889 bits per heavy atom. The summed E-state index contributed by atoms with van der Waals surface area (Å²) in [6.07, 6.45) is 13.2. The average molecular weight is 250 g/mol. The Bertz CT molecular complexity index is 243. The molecule has 1 N–H and O–H groups in total. The molecule has 1 aliphatic heterocycles. The van der Waals surface area contributed by atoms with Gasteiger partial charge in [-0.1, -0.05) is 12.8 Å². The predicted molar refractivity (Wildman–Crippen MR) is 76.8 cm³/mol. The van der Waals surface area contributed by atoms with E-state index in [0.29, 0.717) is 0 Å². The fraction of sp³-hybridized carbons (Fsp3) is 1.00. The van der Waals surface area contributed by atoms with Crippen molar-refractivity contribution in [3.8, 4) is 0 Å². The van der Waals surface area contributed by atoms with Crippen molar-refractivity contribution in [1.29, 1.82) is 0 Å². The molecule has 3 rings (SSSR count). The lowest BCUT2D eigenvalue weighted by Gasteiger charge is -2.30. The number of likely N-dealkylation sites (tertiary alicyclic amines) is 1. The van der Waals surface area contributed by atoms with E-state index in [9.17, 15) is 0 Å². The van der Waals surface area contributed by atoms with Crippen LogP contribution in [-0.2, 0) is 0 Å². The van der Waals surface area contributed by atoms with Crippen LogP contribution >= 0.6 is 0 Å². The zero-order valence-corrected chi connectivity index (χ0v) is 11.9. The SMILES string of the molecule is C1CC(NCCCN2CCCC2)CC(C2CC2)C1. The quantitative estimate of drug-likeness (QED) is 0.729. The molecule has 3 fully saturated rings. The molecule has 2 aliphatic carbocycles. The second-order valence-corrected chi connectivity index (χ2v) is 6.82. The number of hydrogen-bond donors (Lipinski definition) is 1. The standard InChI is InChI=1S/C16H30N2/c1-2-11-18(10-1)12-4-9-17-16-6-3-5-15(13-16)14-7-8-14/h14-17H,1-13H2. The number of hydrogen-bond acceptors (Lipinski definition) is 2. The highest BCUT2D eigenvalue weighted by Crippen LogP contribution is 2.43. The summed E-state index contributed by atoms with van der Waals surface area (Å²) in [6.45, 7) is 5.28. The summed E-state index contributed by atoms with van der Waals surface area (Å²) in [5, 5.41) is 3.83. The second kappa shape index (κ2) is 6.38. The van der Waals surface area contributed by atoms with Crippen molar-refractivity contribution >= 4 is 0 Å². The Morgan fingerprint density at radius 2 is 1.72 bits per heavy atom. The van der Waals surface area contributed by atoms with Crippen molar-refractivity contribution in [2.24, 2.45) is 11.8 Å². The van der Waals surface area contributed by atoms with Gasteiger partial charge in [-0.05, 0) is 83.0 Å². The largest absolute Gasteiger partial charge is 0.314 e. The summed E-state index contributed by atoms with van der Waals surface area (Å²) in [6, 6.07) is 0.850. The van der Waals surface area contributed by atoms with Crippen molar-refractivity contribution in [3.63, 3.8) is 0 Å². The molecule has 0 radical (unpaired) electrons. The van der Waals surface area contributed by atoms with E-state index in [4.69, 9.17) is 0 Å². The Balaban J connectivity index is 1.27. The summed E-state index contributed by atoms with van der Waals surface area (Å²) in [5.74, 6) is 2.20. The van der Waals surface area contributed by atoms with Gasteiger partial charge in [-0.2, -0.15) is 0 Å². The van der Waals surface area contributed by atoms with Gasteiger partial charge in [0.1, 0.15) is 0 Å². The van der Waals surface area contributed by atoms with Crippen LogP contribution in [0.15, 0.2) is 0 Å². The van der Waals surface area contributed by atoms with E-state index in [0.717, 1.165) is 17.9 Å². The van der Waals surface area contributed by atoms with Crippen LogP contribution in [-0.4, -0.2) is 37.1 Å². The lowest BCUT2D eigenvalue weighted by atomic mass is 9.83. The third-order valence-corrected chi connectivity index (χ3v) is 5.29. The van der Waals surface area contributed by atoms with Crippen LogP contribution in [0.1, 0.15) is 57.8 Å². The molecular weight excluding hydrogens is 220 g/mol. The van der Waals surface area contributed by atoms with Crippen LogP contribution in [0.5, 0.6) is 0 Å². The van der Waals surface area contributed by atoms with Gasteiger partial charge in [-0.3, -0.25) is 0 Å².